The largest absolute Gasteiger partial charge is 0.338 e. The van der Waals surface area contributed by atoms with Crippen LogP contribution in [0.2, 0.25) is 0 Å². The second-order valence-electron chi connectivity index (χ2n) is 5.03. The first kappa shape index (κ1) is 12.2. The fourth-order valence-electron chi connectivity index (χ4n) is 2.70. The third-order valence-electron chi connectivity index (χ3n) is 3.65. The maximum atomic E-state index is 5.26. The van der Waals surface area contributed by atoms with Crippen molar-refractivity contribution in [2.24, 2.45) is 0 Å². The Morgan fingerprint density at radius 3 is 3.16 bits per heavy atom. The Balaban J connectivity index is 1.85. The van der Waals surface area contributed by atoms with E-state index in [1.807, 2.05) is 0 Å². The van der Waals surface area contributed by atoms with Gasteiger partial charge in [0, 0.05) is 12.5 Å². The maximum absolute atomic E-state index is 5.26. The van der Waals surface area contributed by atoms with E-state index in [1.54, 1.807) is 0 Å². The lowest BCUT2D eigenvalue weighted by Gasteiger charge is -2.22. The van der Waals surface area contributed by atoms with Gasteiger partial charge in [-0.1, -0.05) is 36.3 Å². The van der Waals surface area contributed by atoms with Crippen LogP contribution < -0.4 is 5.32 Å². The average Bonchev–Trinajstić information content (AvgIpc) is 2.93. The summed E-state index contributed by atoms with van der Waals surface area (Å²) in [4.78, 5) is 4.48. The molecule has 19 heavy (non-hydrogen) atoms. The monoisotopic (exact) mass is 257 g/mol. The fraction of sp³-hybridized carbons (Fsp3) is 0.467. The van der Waals surface area contributed by atoms with E-state index in [1.165, 1.54) is 17.5 Å². The van der Waals surface area contributed by atoms with Crippen molar-refractivity contribution in [2.45, 2.75) is 38.5 Å². The standard InChI is InChI=1S/C15H19N3O/c1-2-10-16-15-17-14(18-19-15)13-9-5-7-11-6-3-4-8-12(11)13/h3-4,6,8,13H,2,5,7,9-10H2,1H3,(H,16,17,18). The molecule has 0 aliphatic heterocycles. The molecule has 1 aromatic carbocycles. The third-order valence-corrected chi connectivity index (χ3v) is 3.65. The molecule has 1 unspecified atom stereocenters. The Bertz CT molecular complexity index is 550. The van der Waals surface area contributed by atoms with E-state index in [4.69, 9.17) is 4.52 Å². The Hall–Kier alpha value is -1.84. The zero-order valence-corrected chi connectivity index (χ0v) is 11.2. The minimum atomic E-state index is 0.283. The molecule has 1 aliphatic rings. The van der Waals surface area contributed by atoms with Crippen molar-refractivity contribution in [1.82, 2.24) is 10.1 Å². The summed E-state index contributed by atoms with van der Waals surface area (Å²) in [6.45, 7) is 2.98. The van der Waals surface area contributed by atoms with Crippen LogP contribution in [0.5, 0.6) is 0 Å². The van der Waals surface area contributed by atoms with Gasteiger partial charge in [-0.15, -0.1) is 0 Å². The topological polar surface area (TPSA) is 51.0 Å². The second-order valence-corrected chi connectivity index (χ2v) is 5.03. The molecule has 1 aliphatic carbocycles. The molecule has 1 aromatic heterocycles. The van der Waals surface area contributed by atoms with E-state index in [0.717, 1.165) is 31.6 Å². The van der Waals surface area contributed by atoms with E-state index in [2.05, 4.69) is 46.6 Å². The number of fused-ring (bicyclic) bond motifs is 1. The number of hydrogen-bond donors (Lipinski definition) is 1. The summed E-state index contributed by atoms with van der Waals surface area (Å²) < 4.78 is 5.26. The van der Waals surface area contributed by atoms with Crippen LogP contribution in [0.1, 0.15) is 49.1 Å². The minimum absolute atomic E-state index is 0.283. The van der Waals surface area contributed by atoms with Crippen molar-refractivity contribution < 1.29 is 4.52 Å². The number of anilines is 1. The number of nitrogens with one attached hydrogen (secondary N) is 1. The van der Waals surface area contributed by atoms with Gasteiger partial charge in [-0.3, -0.25) is 0 Å². The molecule has 4 nitrogen and oxygen atoms in total. The van der Waals surface area contributed by atoms with Crippen LogP contribution in [0.3, 0.4) is 0 Å². The molecule has 1 heterocycles. The van der Waals surface area contributed by atoms with Gasteiger partial charge in [-0.2, -0.15) is 4.98 Å². The summed E-state index contributed by atoms with van der Waals surface area (Å²) in [6, 6.07) is 9.13. The molecule has 4 heteroatoms. The van der Waals surface area contributed by atoms with Crippen LogP contribution in [0.15, 0.2) is 28.8 Å². The highest BCUT2D eigenvalue weighted by Crippen LogP contribution is 2.35. The van der Waals surface area contributed by atoms with Crippen LogP contribution >= 0.6 is 0 Å². The van der Waals surface area contributed by atoms with Crippen LogP contribution in [-0.2, 0) is 6.42 Å². The van der Waals surface area contributed by atoms with Gasteiger partial charge in [0.15, 0.2) is 5.82 Å². The highest BCUT2D eigenvalue weighted by molar-refractivity contribution is 5.36. The molecule has 0 amide bonds. The predicted octanol–water partition coefficient (Wildman–Crippen LogP) is 3.36. The molecule has 3 rings (SSSR count). The lowest BCUT2D eigenvalue weighted by Crippen LogP contribution is -2.12. The number of rotatable bonds is 4. The van der Waals surface area contributed by atoms with Crippen molar-refractivity contribution in [2.75, 3.05) is 11.9 Å². The zero-order chi connectivity index (χ0) is 13.1. The van der Waals surface area contributed by atoms with Crippen LogP contribution in [-0.4, -0.2) is 16.7 Å². The van der Waals surface area contributed by atoms with Gasteiger partial charge in [0.2, 0.25) is 0 Å². The van der Waals surface area contributed by atoms with E-state index >= 15 is 0 Å². The number of aromatic nitrogens is 2. The first-order chi connectivity index (χ1) is 9.38. The molecule has 0 bridgehead atoms. The Kier molecular flexibility index (Phi) is 3.49. The Morgan fingerprint density at radius 2 is 2.26 bits per heavy atom. The minimum Gasteiger partial charge on any atom is -0.338 e. The lowest BCUT2D eigenvalue weighted by molar-refractivity contribution is 0.415. The van der Waals surface area contributed by atoms with Crippen LogP contribution in [0, 0.1) is 0 Å². The summed E-state index contributed by atoms with van der Waals surface area (Å²) in [7, 11) is 0. The van der Waals surface area contributed by atoms with E-state index < -0.39 is 0 Å². The van der Waals surface area contributed by atoms with Crippen molar-refractivity contribution in [1.29, 1.82) is 0 Å². The van der Waals surface area contributed by atoms with Crippen molar-refractivity contribution >= 4 is 6.01 Å². The van der Waals surface area contributed by atoms with Crippen molar-refractivity contribution in [3.63, 3.8) is 0 Å². The normalized spacial score (nSPS) is 18.1. The molecular weight excluding hydrogens is 238 g/mol. The molecule has 0 saturated heterocycles. The zero-order valence-electron chi connectivity index (χ0n) is 11.2. The lowest BCUT2D eigenvalue weighted by atomic mass is 9.82. The molecule has 0 saturated carbocycles. The van der Waals surface area contributed by atoms with Gasteiger partial charge in [0.05, 0.1) is 0 Å². The van der Waals surface area contributed by atoms with E-state index in [-0.39, 0.29) is 5.92 Å². The maximum Gasteiger partial charge on any atom is 0.321 e. The van der Waals surface area contributed by atoms with Gasteiger partial charge in [0.25, 0.3) is 0 Å². The van der Waals surface area contributed by atoms with Crippen LogP contribution in [0.25, 0.3) is 0 Å². The second kappa shape index (κ2) is 5.43. The summed E-state index contributed by atoms with van der Waals surface area (Å²) in [5, 5.41) is 7.28. The first-order valence-corrected chi connectivity index (χ1v) is 7.03. The highest BCUT2D eigenvalue weighted by Gasteiger charge is 2.25. The average molecular weight is 257 g/mol. The quantitative estimate of drug-likeness (QED) is 0.912. The van der Waals surface area contributed by atoms with E-state index in [9.17, 15) is 0 Å². The molecule has 0 radical (unpaired) electrons. The fourth-order valence-corrected chi connectivity index (χ4v) is 2.70. The first-order valence-electron chi connectivity index (χ1n) is 7.03. The summed E-state index contributed by atoms with van der Waals surface area (Å²) >= 11 is 0. The Labute approximate surface area is 113 Å². The molecule has 0 fully saturated rings. The summed E-state index contributed by atoms with van der Waals surface area (Å²) in [5.41, 5.74) is 2.78. The smallest absolute Gasteiger partial charge is 0.321 e. The van der Waals surface area contributed by atoms with Gasteiger partial charge >= 0.3 is 6.01 Å². The van der Waals surface area contributed by atoms with Crippen LogP contribution in [0.4, 0.5) is 6.01 Å². The molecule has 100 valence electrons. The predicted molar refractivity (Wildman–Crippen MR) is 74.3 cm³/mol. The molecule has 1 N–H and O–H groups in total. The van der Waals surface area contributed by atoms with Crippen molar-refractivity contribution in [3.8, 4) is 0 Å². The molecule has 0 spiro atoms. The highest BCUT2D eigenvalue weighted by atomic mass is 16.5. The molecule has 1 atom stereocenters. The number of aryl methyl sites for hydroxylation is 1. The van der Waals surface area contributed by atoms with Crippen molar-refractivity contribution in [3.05, 3.63) is 41.2 Å². The number of nitrogens with zero attached hydrogens (tertiary/aromatic N) is 2. The summed E-state index contributed by atoms with van der Waals surface area (Å²) in [6.07, 6.45) is 4.49. The third kappa shape index (κ3) is 2.48. The van der Waals surface area contributed by atoms with Gasteiger partial charge in [-0.05, 0) is 36.8 Å². The Morgan fingerprint density at radius 1 is 1.37 bits per heavy atom. The van der Waals surface area contributed by atoms with Gasteiger partial charge in [-0.25, -0.2) is 0 Å². The number of hydrogen-bond acceptors (Lipinski definition) is 4. The molecule has 2 aromatic rings. The summed E-state index contributed by atoms with van der Waals surface area (Å²) in [5.74, 6) is 1.09. The van der Waals surface area contributed by atoms with Gasteiger partial charge < -0.3 is 9.84 Å². The van der Waals surface area contributed by atoms with E-state index in [0.29, 0.717) is 6.01 Å². The molecular formula is C15H19N3O. The van der Waals surface area contributed by atoms with Gasteiger partial charge in [0.1, 0.15) is 0 Å². The SMILES string of the molecule is CCCNc1nc(C2CCCc3ccccc32)no1. The number of benzene rings is 1.